The van der Waals surface area contributed by atoms with Gasteiger partial charge in [-0.1, -0.05) is 0 Å². The van der Waals surface area contributed by atoms with Crippen molar-refractivity contribution in [2.45, 2.75) is 12.8 Å². The maximum Gasteiger partial charge on any atom is 0.254 e. The molecular formula is C21H21F2N3O2. The number of nitrogens with zero attached hydrogens (tertiary/aromatic N) is 3. The Labute approximate surface area is 162 Å². The van der Waals surface area contributed by atoms with Crippen LogP contribution in [0.2, 0.25) is 0 Å². The van der Waals surface area contributed by atoms with Crippen LogP contribution in [-0.2, 0) is 11.2 Å². The van der Waals surface area contributed by atoms with E-state index in [4.69, 9.17) is 0 Å². The number of carbonyl (C=O) groups excluding carboxylic acids is 2. The molecule has 0 unspecified atom stereocenters. The first-order chi connectivity index (χ1) is 13.4. The number of anilines is 2. The summed E-state index contributed by atoms with van der Waals surface area (Å²) in [7, 11) is 1.79. The molecule has 2 aromatic rings. The van der Waals surface area contributed by atoms with Gasteiger partial charge in [-0.2, -0.15) is 0 Å². The first-order valence-electron chi connectivity index (χ1n) is 9.33. The first-order valence-corrected chi connectivity index (χ1v) is 9.33. The minimum absolute atomic E-state index is 0.129. The molecule has 2 aliphatic rings. The highest BCUT2D eigenvalue weighted by atomic mass is 19.2. The van der Waals surface area contributed by atoms with E-state index < -0.39 is 11.6 Å². The van der Waals surface area contributed by atoms with E-state index in [9.17, 15) is 18.4 Å². The van der Waals surface area contributed by atoms with Crippen LogP contribution in [0.5, 0.6) is 0 Å². The largest absolute Gasteiger partial charge is 0.368 e. The van der Waals surface area contributed by atoms with E-state index in [1.165, 1.54) is 6.07 Å². The minimum Gasteiger partial charge on any atom is -0.368 e. The fourth-order valence-corrected chi connectivity index (χ4v) is 3.82. The van der Waals surface area contributed by atoms with Crippen LogP contribution in [0, 0.1) is 11.6 Å². The molecule has 2 aromatic carbocycles. The molecule has 0 atom stereocenters. The zero-order valence-electron chi connectivity index (χ0n) is 15.6. The predicted molar refractivity (Wildman–Crippen MR) is 103 cm³/mol. The third kappa shape index (κ3) is 3.32. The van der Waals surface area contributed by atoms with Crippen LogP contribution in [0.15, 0.2) is 36.4 Å². The summed E-state index contributed by atoms with van der Waals surface area (Å²) in [5.41, 5.74) is 3.34. The maximum atomic E-state index is 13.4. The van der Waals surface area contributed by atoms with E-state index >= 15 is 0 Å². The number of carbonyl (C=O) groups is 2. The molecule has 2 aliphatic heterocycles. The van der Waals surface area contributed by atoms with Gasteiger partial charge in [-0.3, -0.25) is 9.59 Å². The van der Waals surface area contributed by atoms with Crippen molar-refractivity contribution in [2.75, 3.05) is 43.0 Å². The molecule has 1 fully saturated rings. The first kappa shape index (κ1) is 18.4. The molecule has 146 valence electrons. The second kappa shape index (κ2) is 7.22. The third-order valence-corrected chi connectivity index (χ3v) is 5.51. The molecule has 0 spiro atoms. The normalized spacial score (nSPS) is 17.0. The summed E-state index contributed by atoms with van der Waals surface area (Å²) in [5.74, 6) is -2.13. The van der Waals surface area contributed by atoms with Crippen LogP contribution in [0.3, 0.4) is 0 Å². The Balaban J connectivity index is 1.43. The van der Waals surface area contributed by atoms with Gasteiger partial charge in [-0.15, -0.1) is 0 Å². The molecule has 0 bridgehead atoms. The van der Waals surface area contributed by atoms with Crippen LogP contribution in [0.25, 0.3) is 0 Å². The Kier molecular flexibility index (Phi) is 4.75. The van der Waals surface area contributed by atoms with Gasteiger partial charge in [0.2, 0.25) is 5.91 Å². The number of fused-ring (bicyclic) bond motifs is 1. The zero-order valence-corrected chi connectivity index (χ0v) is 15.6. The Morgan fingerprint density at radius 3 is 2.39 bits per heavy atom. The summed E-state index contributed by atoms with van der Waals surface area (Å²) in [6, 6.07) is 9.33. The van der Waals surface area contributed by atoms with E-state index in [2.05, 4.69) is 11.0 Å². The lowest BCUT2D eigenvalue weighted by Gasteiger charge is -2.37. The fourth-order valence-electron chi connectivity index (χ4n) is 3.82. The summed E-state index contributed by atoms with van der Waals surface area (Å²) >= 11 is 0. The standard InChI is InChI=1S/C21H21F2N3O2/c1-24-19-6-4-16(12-14(19)3-7-20(24)27)25-8-10-26(11-9-25)21(28)15-2-5-17(22)18(23)13-15/h2,4-6,12-13H,3,7-11H2,1H3. The summed E-state index contributed by atoms with van der Waals surface area (Å²) in [6.45, 7) is 2.33. The number of rotatable bonds is 2. The molecule has 5 nitrogen and oxygen atoms in total. The summed E-state index contributed by atoms with van der Waals surface area (Å²) < 4.78 is 26.5. The highest BCUT2D eigenvalue weighted by Crippen LogP contribution is 2.31. The number of hydrogen-bond donors (Lipinski definition) is 0. The predicted octanol–water partition coefficient (Wildman–Crippen LogP) is 2.84. The number of aryl methyl sites for hydroxylation is 1. The molecule has 0 radical (unpaired) electrons. The second-order valence-electron chi connectivity index (χ2n) is 7.17. The Morgan fingerprint density at radius 2 is 1.68 bits per heavy atom. The van der Waals surface area contributed by atoms with E-state index in [1.54, 1.807) is 16.8 Å². The van der Waals surface area contributed by atoms with Crippen LogP contribution in [0.4, 0.5) is 20.2 Å². The summed E-state index contributed by atoms with van der Waals surface area (Å²) in [4.78, 5) is 29.9. The molecule has 0 aromatic heterocycles. The molecule has 0 N–H and O–H groups in total. The van der Waals surface area contributed by atoms with Gasteiger partial charge in [0.1, 0.15) is 0 Å². The van der Waals surface area contributed by atoms with Gasteiger partial charge in [-0.05, 0) is 48.4 Å². The topological polar surface area (TPSA) is 43.9 Å². The van der Waals surface area contributed by atoms with Crippen LogP contribution < -0.4 is 9.80 Å². The number of piperazine rings is 1. The lowest BCUT2D eigenvalue weighted by molar-refractivity contribution is -0.118. The van der Waals surface area contributed by atoms with Gasteiger partial charge < -0.3 is 14.7 Å². The lowest BCUT2D eigenvalue weighted by Crippen LogP contribution is -2.48. The summed E-state index contributed by atoms with van der Waals surface area (Å²) in [6.07, 6.45) is 1.25. The zero-order chi connectivity index (χ0) is 19.8. The molecule has 2 heterocycles. The molecular weight excluding hydrogens is 364 g/mol. The highest BCUT2D eigenvalue weighted by Gasteiger charge is 2.25. The molecule has 0 saturated carbocycles. The number of halogens is 2. The van der Waals surface area contributed by atoms with E-state index in [0.29, 0.717) is 32.6 Å². The van der Waals surface area contributed by atoms with Crippen molar-refractivity contribution in [3.8, 4) is 0 Å². The van der Waals surface area contributed by atoms with Crippen molar-refractivity contribution >= 4 is 23.2 Å². The fraction of sp³-hybridized carbons (Fsp3) is 0.333. The Bertz CT molecular complexity index is 939. The second-order valence-corrected chi connectivity index (χ2v) is 7.17. The Morgan fingerprint density at radius 1 is 0.929 bits per heavy atom. The van der Waals surface area contributed by atoms with Gasteiger partial charge in [0.05, 0.1) is 0 Å². The SMILES string of the molecule is CN1C(=O)CCc2cc(N3CCN(C(=O)c4ccc(F)c(F)c4)CC3)ccc21. The molecule has 7 heteroatoms. The monoisotopic (exact) mass is 385 g/mol. The summed E-state index contributed by atoms with van der Waals surface area (Å²) in [5, 5.41) is 0. The van der Waals surface area contributed by atoms with Gasteiger partial charge in [0.15, 0.2) is 11.6 Å². The number of benzene rings is 2. The van der Waals surface area contributed by atoms with Crippen LogP contribution in [-0.4, -0.2) is 49.9 Å². The quantitative estimate of drug-likeness (QED) is 0.799. The minimum atomic E-state index is -1.01. The van der Waals surface area contributed by atoms with Crippen molar-refractivity contribution in [3.63, 3.8) is 0 Å². The van der Waals surface area contributed by atoms with Crippen molar-refractivity contribution in [3.05, 3.63) is 59.2 Å². The van der Waals surface area contributed by atoms with Crippen molar-refractivity contribution in [2.24, 2.45) is 0 Å². The highest BCUT2D eigenvalue weighted by molar-refractivity contribution is 5.96. The number of amides is 2. The molecule has 4 rings (SSSR count). The number of hydrogen-bond acceptors (Lipinski definition) is 3. The van der Waals surface area contributed by atoms with Gasteiger partial charge in [0.25, 0.3) is 5.91 Å². The van der Waals surface area contributed by atoms with Crippen LogP contribution in [0.1, 0.15) is 22.3 Å². The van der Waals surface area contributed by atoms with Crippen molar-refractivity contribution < 1.29 is 18.4 Å². The third-order valence-electron chi connectivity index (χ3n) is 5.51. The van der Waals surface area contributed by atoms with E-state index in [-0.39, 0.29) is 17.4 Å². The molecule has 1 saturated heterocycles. The molecule has 28 heavy (non-hydrogen) atoms. The van der Waals surface area contributed by atoms with Gasteiger partial charge in [0, 0.05) is 56.6 Å². The van der Waals surface area contributed by atoms with Gasteiger partial charge in [-0.25, -0.2) is 8.78 Å². The maximum absolute atomic E-state index is 13.4. The average Bonchev–Trinajstić information content (AvgIpc) is 2.72. The lowest BCUT2D eigenvalue weighted by atomic mass is 10.0. The smallest absolute Gasteiger partial charge is 0.254 e. The van der Waals surface area contributed by atoms with Crippen molar-refractivity contribution in [1.29, 1.82) is 0 Å². The average molecular weight is 385 g/mol. The Hall–Kier alpha value is -2.96. The van der Waals surface area contributed by atoms with Gasteiger partial charge >= 0.3 is 0 Å². The van der Waals surface area contributed by atoms with E-state index in [1.807, 2.05) is 12.1 Å². The van der Waals surface area contributed by atoms with E-state index in [0.717, 1.165) is 35.5 Å². The van der Waals surface area contributed by atoms with Crippen molar-refractivity contribution in [1.82, 2.24) is 4.90 Å². The molecule has 0 aliphatic carbocycles. The van der Waals surface area contributed by atoms with Crippen LogP contribution >= 0.6 is 0 Å². The molecule has 2 amide bonds.